The van der Waals surface area contributed by atoms with E-state index in [1.165, 1.54) is 11.8 Å². The van der Waals surface area contributed by atoms with Crippen molar-refractivity contribution < 1.29 is 14.6 Å². The van der Waals surface area contributed by atoms with Gasteiger partial charge in [-0.25, -0.2) is 4.79 Å². The Hall–Kier alpha value is -1.20. The topological polar surface area (TPSA) is 49.8 Å². The highest BCUT2D eigenvalue weighted by Crippen LogP contribution is 2.28. The number of benzene rings is 1. The summed E-state index contributed by atoms with van der Waals surface area (Å²) in [4.78, 5) is 13.9. The van der Waals surface area contributed by atoms with Crippen LogP contribution < -0.4 is 4.74 Å². The van der Waals surface area contributed by atoms with Gasteiger partial charge in [-0.3, -0.25) is 0 Å². The number of carbonyl (C=O) groups is 1. The molecule has 0 atom stereocenters. The monoisotopic (exact) mass is 255 g/mol. The lowest BCUT2D eigenvalue weighted by molar-refractivity contribution is 0.0688. The number of hydrogen-bond donors (Lipinski definition) is 1. The number of aromatic carboxylic acids is 1. The van der Waals surface area contributed by atoms with E-state index >= 15 is 0 Å². The van der Waals surface area contributed by atoms with Gasteiger partial charge in [0.1, 0.15) is 17.9 Å². The van der Waals surface area contributed by atoms with Gasteiger partial charge in [0, 0.05) is 11.4 Å². The van der Waals surface area contributed by atoms with E-state index in [9.17, 15) is 9.90 Å². The molecule has 4 nitrogen and oxygen atoms in total. The molecular formula is C12H17NO3S. The SMILES string of the molecule is CSc1cccc(OCCN(C)C)c1C(=O)O. The van der Waals surface area contributed by atoms with Crippen LogP contribution in [0.15, 0.2) is 23.1 Å². The van der Waals surface area contributed by atoms with Gasteiger partial charge in [-0.05, 0) is 32.5 Å². The van der Waals surface area contributed by atoms with Gasteiger partial charge >= 0.3 is 5.97 Å². The average Bonchev–Trinajstić information content (AvgIpc) is 2.27. The second kappa shape index (κ2) is 6.51. The first-order valence-corrected chi connectivity index (χ1v) is 6.46. The molecule has 1 rings (SSSR count). The van der Waals surface area contributed by atoms with E-state index in [2.05, 4.69) is 0 Å². The van der Waals surface area contributed by atoms with E-state index in [1.54, 1.807) is 12.1 Å². The predicted molar refractivity (Wildman–Crippen MR) is 69.2 cm³/mol. The van der Waals surface area contributed by atoms with E-state index in [0.717, 1.165) is 11.4 Å². The van der Waals surface area contributed by atoms with E-state index < -0.39 is 5.97 Å². The van der Waals surface area contributed by atoms with Crippen LogP contribution in [-0.2, 0) is 0 Å². The van der Waals surface area contributed by atoms with Gasteiger partial charge in [0.25, 0.3) is 0 Å². The Labute approximate surface area is 106 Å². The Morgan fingerprint density at radius 2 is 2.18 bits per heavy atom. The molecular weight excluding hydrogens is 238 g/mol. The Balaban J connectivity index is 2.87. The number of carboxylic acids is 1. The zero-order valence-corrected chi connectivity index (χ0v) is 11.1. The maximum Gasteiger partial charge on any atom is 0.340 e. The number of likely N-dealkylation sites (N-methyl/N-ethyl adjacent to an activating group) is 1. The Morgan fingerprint density at radius 1 is 1.47 bits per heavy atom. The Bertz CT molecular complexity index is 393. The summed E-state index contributed by atoms with van der Waals surface area (Å²) in [6.07, 6.45) is 1.85. The molecule has 0 saturated heterocycles. The molecule has 0 aliphatic carbocycles. The van der Waals surface area contributed by atoms with Gasteiger partial charge in [0.05, 0.1) is 0 Å². The van der Waals surface area contributed by atoms with Gasteiger partial charge in [0.2, 0.25) is 0 Å². The van der Waals surface area contributed by atoms with Crippen LogP contribution in [0.5, 0.6) is 5.75 Å². The smallest absolute Gasteiger partial charge is 0.340 e. The molecule has 5 heteroatoms. The molecule has 0 aliphatic rings. The van der Waals surface area contributed by atoms with E-state index in [-0.39, 0.29) is 5.56 Å². The second-order valence-corrected chi connectivity index (χ2v) is 4.64. The van der Waals surface area contributed by atoms with Crippen LogP contribution in [0.25, 0.3) is 0 Å². The lowest BCUT2D eigenvalue weighted by atomic mass is 10.2. The normalized spacial score (nSPS) is 10.6. The molecule has 1 aromatic carbocycles. The van der Waals surface area contributed by atoms with Gasteiger partial charge in [-0.1, -0.05) is 6.07 Å². The first-order chi connectivity index (χ1) is 8.06. The zero-order chi connectivity index (χ0) is 12.8. The van der Waals surface area contributed by atoms with Crippen molar-refractivity contribution >= 4 is 17.7 Å². The van der Waals surface area contributed by atoms with Crippen LogP contribution in [0.4, 0.5) is 0 Å². The van der Waals surface area contributed by atoms with Crippen molar-refractivity contribution in [1.29, 1.82) is 0 Å². The fraction of sp³-hybridized carbons (Fsp3) is 0.417. The summed E-state index contributed by atoms with van der Waals surface area (Å²) in [5.74, 6) is -0.513. The predicted octanol–water partition coefficient (Wildman–Crippen LogP) is 2.05. The van der Waals surface area contributed by atoms with E-state index in [1.807, 2.05) is 31.3 Å². The van der Waals surface area contributed by atoms with Crippen molar-refractivity contribution in [3.8, 4) is 5.75 Å². The highest BCUT2D eigenvalue weighted by molar-refractivity contribution is 7.98. The number of ether oxygens (including phenoxy) is 1. The molecule has 1 N–H and O–H groups in total. The van der Waals surface area contributed by atoms with Crippen molar-refractivity contribution in [2.75, 3.05) is 33.5 Å². The Morgan fingerprint density at radius 3 is 2.71 bits per heavy atom. The summed E-state index contributed by atoms with van der Waals surface area (Å²) < 4.78 is 5.52. The summed E-state index contributed by atoms with van der Waals surface area (Å²) >= 11 is 1.41. The maximum atomic E-state index is 11.2. The largest absolute Gasteiger partial charge is 0.491 e. The third-order valence-corrected chi connectivity index (χ3v) is 3.00. The van der Waals surface area contributed by atoms with Crippen LogP contribution >= 0.6 is 11.8 Å². The third kappa shape index (κ3) is 3.94. The van der Waals surface area contributed by atoms with Crippen LogP contribution in [0.1, 0.15) is 10.4 Å². The summed E-state index contributed by atoms with van der Waals surface area (Å²) in [5, 5.41) is 9.18. The molecule has 1 aromatic rings. The van der Waals surface area contributed by atoms with Crippen molar-refractivity contribution in [1.82, 2.24) is 4.90 Å². The van der Waals surface area contributed by atoms with Gasteiger partial charge in [0.15, 0.2) is 0 Å². The molecule has 0 unspecified atom stereocenters. The minimum absolute atomic E-state index is 0.249. The van der Waals surface area contributed by atoms with Crippen molar-refractivity contribution in [3.63, 3.8) is 0 Å². The molecule has 0 radical (unpaired) electrons. The first kappa shape index (κ1) is 13.9. The molecule has 0 fully saturated rings. The van der Waals surface area contributed by atoms with Crippen LogP contribution in [-0.4, -0.2) is 49.5 Å². The number of rotatable bonds is 6. The fourth-order valence-electron chi connectivity index (χ4n) is 1.35. The second-order valence-electron chi connectivity index (χ2n) is 3.79. The summed E-state index contributed by atoms with van der Waals surface area (Å²) in [6.45, 7) is 1.23. The lowest BCUT2D eigenvalue weighted by Crippen LogP contribution is -2.20. The van der Waals surface area contributed by atoms with Crippen LogP contribution in [0.3, 0.4) is 0 Å². The molecule has 0 aliphatic heterocycles. The maximum absolute atomic E-state index is 11.2. The quantitative estimate of drug-likeness (QED) is 0.788. The van der Waals surface area contributed by atoms with Crippen LogP contribution in [0, 0.1) is 0 Å². The first-order valence-electron chi connectivity index (χ1n) is 5.24. The number of carboxylic acid groups (broad SMARTS) is 1. The number of thioether (sulfide) groups is 1. The zero-order valence-electron chi connectivity index (χ0n) is 10.3. The van der Waals surface area contributed by atoms with Gasteiger partial charge in [-0.2, -0.15) is 0 Å². The molecule has 17 heavy (non-hydrogen) atoms. The molecule has 94 valence electrons. The average molecular weight is 255 g/mol. The summed E-state index contributed by atoms with van der Waals surface area (Å²) in [7, 11) is 3.89. The summed E-state index contributed by atoms with van der Waals surface area (Å²) in [5.41, 5.74) is 0.249. The van der Waals surface area contributed by atoms with Gasteiger partial charge in [-0.15, -0.1) is 11.8 Å². The fourth-order valence-corrected chi connectivity index (χ4v) is 1.96. The molecule has 0 saturated carbocycles. The third-order valence-electron chi connectivity index (χ3n) is 2.22. The summed E-state index contributed by atoms with van der Waals surface area (Å²) in [6, 6.07) is 5.29. The Kier molecular flexibility index (Phi) is 5.31. The molecule has 0 aromatic heterocycles. The van der Waals surface area contributed by atoms with Crippen molar-refractivity contribution in [3.05, 3.63) is 23.8 Å². The molecule has 0 heterocycles. The van der Waals surface area contributed by atoms with E-state index in [4.69, 9.17) is 4.74 Å². The number of nitrogens with zero attached hydrogens (tertiary/aromatic N) is 1. The van der Waals surface area contributed by atoms with E-state index in [0.29, 0.717) is 12.4 Å². The van der Waals surface area contributed by atoms with Crippen molar-refractivity contribution in [2.24, 2.45) is 0 Å². The van der Waals surface area contributed by atoms with Crippen LogP contribution in [0.2, 0.25) is 0 Å². The molecule has 0 bridgehead atoms. The highest BCUT2D eigenvalue weighted by Gasteiger charge is 2.15. The standard InChI is InChI=1S/C12H17NO3S/c1-13(2)7-8-16-9-5-4-6-10(17-3)11(9)12(14)15/h4-6H,7-8H2,1-3H3,(H,14,15). The van der Waals surface area contributed by atoms with Crippen molar-refractivity contribution in [2.45, 2.75) is 4.90 Å². The minimum Gasteiger partial charge on any atom is -0.491 e. The molecule has 0 amide bonds. The molecule has 0 spiro atoms. The minimum atomic E-state index is -0.949. The van der Waals surface area contributed by atoms with Gasteiger partial charge < -0.3 is 14.7 Å². The highest BCUT2D eigenvalue weighted by atomic mass is 32.2. The lowest BCUT2D eigenvalue weighted by Gasteiger charge is -2.14. The number of hydrogen-bond acceptors (Lipinski definition) is 4.